The summed E-state index contributed by atoms with van der Waals surface area (Å²) < 4.78 is 1.72. The molecule has 5 nitrogen and oxygen atoms in total. The summed E-state index contributed by atoms with van der Waals surface area (Å²) in [5.74, 6) is 0.0371. The molecular formula is C30H33N3O2S2. The van der Waals surface area contributed by atoms with Gasteiger partial charge in [0.1, 0.15) is 4.83 Å². The van der Waals surface area contributed by atoms with Crippen molar-refractivity contribution in [3.8, 4) is 5.69 Å². The Kier molecular flexibility index (Phi) is 7.03. The van der Waals surface area contributed by atoms with Crippen LogP contribution < -0.4 is 10.9 Å². The molecule has 0 fully saturated rings. The number of amides is 1. The normalized spacial score (nSPS) is 13.5. The lowest BCUT2D eigenvalue weighted by atomic mass is 9.87. The minimum absolute atomic E-state index is 0.0305. The highest BCUT2D eigenvalue weighted by atomic mass is 32.2. The average Bonchev–Trinajstić information content (AvgIpc) is 3.22. The topological polar surface area (TPSA) is 64.0 Å². The molecule has 5 rings (SSSR count). The molecule has 0 aliphatic heterocycles. The SMILES string of the molecule is Cc1ccc(-n2c(SCC(=O)Nc3ccc(C(C)(C)C)cc3)nc3sc4c(c3c2=O)CCCC4)c(C)c1. The molecule has 7 heteroatoms. The summed E-state index contributed by atoms with van der Waals surface area (Å²) in [5, 5.41) is 4.30. The molecule has 0 saturated carbocycles. The van der Waals surface area contributed by atoms with Gasteiger partial charge in [-0.3, -0.25) is 14.2 Å². The zero-order valence-corrected chi connectivity index (χ0v) is 23.7. The van der Waals surface area contributed by atoms with Crippen LogP contribution in [0, 0.1) is 13.8 Å². The van der Waals surface area contributed by atoms with Crippen molar-refractivity contribution >= 4 is 44.9 Å². The highest BCUT2D eigenvalue weighted by Gasteiger charge is 2.24. The highest BCUT2D eigenvalue weighted by Crippen LogP contribution is 2.35. The summed E-state index contributed by atoms with van der Waals surface area (Å²) >= 11 is 2.95. The number of thiophene rings is 1. The van der Waals surface area contributed by atoms with Crippen LogP contribution in [0.4, 0.5) is 5.69 Å². The van der Waals surface area contributed by atoms with Crippen molar-refractivity contribution in [1.29, 1.82) is 0 Å². The number of benzene rings is 2. The van der Waals surface area contributed by atoms with Crippen LogP contribution in [0.25, 0.3) is 15.9 Å². The van der Waals surface area contributed by atoms with Gasteiger partial charge in [0.25, 0.3) is 5.56 Å². The van der Waals surface area contributed by atoms with E-state index in [4.69, 9.17) is 4.98 Å². The second kappa shape index (κ2) is 10.1. The Morgan fingerprint density at radius 3 is 2.51 bits per heavy atom. The van der Waals surface area contributed by atoms with Crippen LogP contribution in [0.2, 0.25) is 0 Å². The number of nitrogens with one attached hydrogen (secondary N) is 1. The first-order valence-electron chi connectivity index (χ1n) is 12.8. The fourth-order valence-corrected chi connectivity index (χ4v) is 7.04. The van der Waals surface area contributed by atoms with Crippen molar-refractivity contribution in [1.82, 2.24) is 9.55 Å². The lowest BCUT2D eigenvalue weighted by molar-refractivity contribution is -0.113. The molecule has 1 aliphatic carbocycles. The second-order valence-electron chi connectivity index (χ2n) is 10.9. The van der Waals surface area contributed by atoms with Crippen LogP contribution in [0.5, 0.6) is 0 Å². The first kappa shape index (κ1) is 25.7. The molecule has 1 N–H and O–H groups in total. The van der Waals surface area contributed by atoms with Crippen LogP contribution in [-0.4, -0.2) is 21.2 Å². The van der Waals surface area contributed by atoms with Gasteiger partial charge in [-0.1, -0.05) is 62.4 Å². The molecule has 1 amide bonds. The maximum Gasteiger partial charge on any atom is 0.267 e. The number of aryl methyl sites for hydroxylation is 4. The first-order chi connectivity index (χ1) is 17.6. The first-order valence-corrected chi connectivity index (χ1v) is 14.6. The van der Waals surface area contributed by atoms with E-state index in [0.29, 0.717) is 5.16 Å². The fourth-order valence-electron chi connectivity index (χ4n) is 4.93. The Morgan fingerprint density at radius 1 is 1.08 bits per heavy atom. The van der Waals surface area contributed by atoms with Gasteiger partial charge in [-0.2, -0.15) is 0 Å². The van der Waals surface area contributed by atoms with E-state index in [0.717, 1.165) is 58.4 Å². The molecule has 0 unspecified atom stereocenters. The number of fused-ring (bicyclic) bond motifs is 3. The number of aromatic nitrogens is 2. The molecule has 0 radical (unpaired) electrons. The Morgan fingerprint density at radius 2 is 1.81 bits per heavy atom. The van der Waals surface area contributed by atoms with Gasteiger partial charge in [0.2, 0.25) is 5.91 Å². The zero-order chi connectivity index (χ0) is 26.3. The maximum absolute atomic E-state index is 14.0. The van der Waals surface area contributed by atoms with Crippen LogP contribution in [0.1, 0.15) is 60.7 Å². The smallest absolute Gasteiger partial charge is 0.267 e. The number of rotatable bonds is 5. The molecule has 0 bridgehead atoms. The molecular weight excluding hydrogens is 498 g/mol. The quantitative estimate of drug-likeness (QED) is 0.223. The summed E-state index contributed by atoms with van der Waals surface area (Å²) in [7, 11) is 0. The summed E-state index contributed by atoms with van der Waals surface area (Å²) in [5.41, 5.74) is 6.16. The summed E-state index contributed by atoms with van der Waals surface area (Å²) in [6.07, 6.45) is 4.21. The number of hydrogen-bond acceptors (Lipinski definition) is 5. The van der Waals surface area contributed by atoms with E-state index in [1.54, 1.807) is 15.9 Å². The van der Waals surface area contributed by atoms with Crippen LogP contribution in [0.3, 0.4) is 0 Å². The van der Waals surface area contributed by atoms with Gasteiger partial charge >= 0.3 is 0 Å². The van der Waals surface area contributed by atoms with Crippen molar-refractivity contribution < 1.29 is 4.79 Å². The highest BCUT2D eigenvalue weighted by molar-refractivity contribution is 7.99. The van der Waals surface area contributed by atoms with E-state index in [9.17, 15) is 9.59 Å². The summed E-state index contributed by atoms with van der Waals surface area (Å²) in [6, 6.07) is 14.1. The monoisotopic (exact) mass is 531 g/mol. The van der Waals surface area contributed by atoms with Crippen molar-refractivity contribution in [2.45, 2.75) is 70.9 Å². The molecule has 37 heavy (non-hydrogen) atoms. The summed E-state index contributed by atoms with van der Waals surface area (Å²) in [4.78, 5) is 33.9. The standard InChI is InChI=1S/C30H33N3O2S2/c1-18-10-15-23(19(2)16-18)33-28(35)26-22-8-6-7-9-24(22)37-27(26)32-29(33)36-17-25(34)31-21-13-11-20(12-14-21)30(3,4)5/h10-16H,6-9,17H2,1-5H3,(H,31,34). The number of thioether (sulfide) groups is 1. The van der Waals surface area contributed by atoms with Gasteiger partial charge < -0.3 is 5.32 Å². The van der Waals surface area contributed by atoms with Crippen LogP contribution in [0.15, 0.2) is 52.4 Å². The van der Waals surface area contributed by atoms with Gasteiger partial charge in [-0.15, -0.1) is 11.3 Å². The third-order valence-corrected chi connectivity index (χ3v) is 9.04. The van der Waals surface area contributed by atoms with Crippen molar-refractivity contribution in [3.05, 3.63) is 79.9 Å². The molecule has 1 aliphatic rings. The third-order valence-electron chi connectivity index (χ3n) is 6.92. The number of hydrogen-bond donors (Lipinski definition) is 1. The van der Waals surface area contributed by atoms with E-state index in [-0.39, 0.29) is 22.6 Å². The predicted octanol–water partition coefficient (Wildman–Crippen LogP) is 6.97. The second-order valence-corrected chi connectivity index (χ2v) is 12.9. The van der Waals surface area contributed by atoms with E-state index < -0.39 is 0 Å². The number of nitrogens with zero attached hydrogens (tertiary/aromatic N) is 2. The maximum atomic E-state index is 14.0. The van der Waals surface area contributed by atoms with Crippen molar-refractivity contribution in [2.75, 3.05) is 11.1 Å². The molecule has 192 valence electrons. The van der Waals surface area contributed by atoms with Gasteiger partial charge in [0, 0.05) is 10.6 Å². The van der Waals surface area contributed by atoms with Crippen LogP contribution in [-0.2, 0) is 23.1 Å². The number of carbonyl (C=O) groups excluding carboxylic acids is 1. The fraction of sp³-hybridized carbons (Fsp3) is 0.367. The van der Waals surface area contributed by atoms with E-state index in [1.165, 1.54) is 27.8 Å². The third kappa shape index (κ3) is 5.25. The molecule has 2 aromatic heterocycles. The lowest BCUT2D eigenvalue weighted by Gasteiger charge is -2.19. The van der Waals surface area contributed by atoms with E-state index in [2.05, 4.69) is 44.3 Å². The van der Waals surface area contributed by atoms with E-state index in [1.807, 2.05) is 38.1 Å². The Bertz CT molecular complexity index is 1540. The van der Waals surface area contributed by atoms with E-state index >= 15 is 0 Å². The molecule has 2 heterocycles. The Hall–Kier alpha value is -2.90. The molecule has 4 aromatic rings. The summed E-state index contributed by atoms with van der Waals surface area (Å²) in [6.45, 7) is 10.6. The Balaban J connectivity index is 1.48. The largest absolute Gasteiger partial charge is 0.325 e. The predicted molar refractivity (Wildman–Crippen MR) is 156 cm³/mol. The molecule has 0 spiro atoms. The van der Waals surface area contributed by atoms with Crippen molar-refractivity contribution in [3.63, 3.8) is 0 Å². The number of carbonyl (C=O) groups is 1. The van der Waals surface area contributed by atoms with Crippen LogP contribution >= 0.6 is 23.1 Å². The molecule has 0 atom stereocenters. The van der Waals surface area contributed by atoms with Crippen molar-refractivity contribution in [2.24, 2.45) is 0 Å². The average molecular weight is 532 g/mol. The number of anilines is 1. The molecule has 0 saturated heterocycles. The molecule has 2 aromatic carbocycles. The minimum Gasteiger partial charge on any atom is -0.325 e. The minimum atomic E-state index is -0.125. The van der Waals surface area contributed by atoms with Gasteiger partial charge in [-0.05, 0) is 79.8 Å². The van der Waals surface area contributed by atoms with Gasteiger partial charge in [0.05, 0.1) is 16.8 Å². The van der Waals surface area contributed by atoms with Gasteiger partial charge in [-0.25, -0.2) is 4.98 Å². The zero-order valence-electron chi connectivity index (χ0n) is 22.1. The lowest BCUT2D eigenvalue weighted by Crippen LogP contribution is -2.24. The Labute approximate surface area is 226 Å². The van der Waals surface area contributed by atoms with Gasteiger partial charge in [0.15, 0.2) is 5.16 Å².